The lowest BCUT2D eigenvalue weighted by atomic mass is 10.0. The van der Waals surface area contributed by atoms with Gasteiger partial charge in [0.1, 0.15) is 6.10 Å². The van der Waals surface area contributed by atoms with Crippen molar-refractivity contribution in [3.63, 3.8) is 0 Å². The number of rotatable bonds is 44. The van der Waals surface area contributed by atoms with Crippen molar-refractivity contribution in [3.05, 3.63) is 0 Å². The van der Waals surface area contributed by atoms with Crippen LogP contribution in [0.25, 0.3) is 0 Å². The van der Waals surface area contributed by atoms with Gasteiger partial charge in [-0.15, -0.1) is 0 Å². The highest BCUT2D eigenvalue weighted by Gasteiger charge is 2.28. The molecule has 1 amide bonds. The first-order valence-corrected chi connectivity index (χ1v) is 25.4. The van der Waals surface area contributed by atoms with Gasteiger partial charge < -0.3 is 15.5 Å². The predicted molar refractivity (Wildman–Crippen MR) is 232 cm³/mol. The molecule has 3 unspecified atom stereocenters. The van der Waals surface area contributed by atoms with E-state index in [4.69, 9.17) is 0 Å². The Bertz CT molecular complexity index is 884. The lowest BCUT2D eigenvalue weighted by Crippen LogP contribution is -2.50. The van der Waals surface area contributed by atoms with Crippen molar-refractivity contribution in [2.45, 2.75) is 283 Å². The highest BCUT2D eigenvalue weighted by atomic mass is 32.2. The van der Waals surface area contributed by atoms with E-state index in [2.05, 4.69) is 19.2 Å². The number of aliphatic hydroxyl groups excluding tert-OH is 2. The van der Waals surface area contributed by atoms with Crippen LogP contribution in [0.3, 0.4) is 0 Å². The van der Waals surface area contributed by atoms with Crippen molar-refractivity contribution < 1.29 is 28.0 Å². The molecule has 0 radical (unpaired) electrons. The molecule has 0 aliphatic carbocycles. The SMILES string of the molecule is CCCCCCCCCCCCCCCCCCCCCCC(O)C(=O)NC(CS(=O)(=O)O)C(O)CCCCCCCCCCCCCCCCCCC. The fourth-order valence-corrected chi connectivity index (χ4v) is 8.52. The van der Waals surface area contributed by atoms with E-state index in [1.165, 1.54) is 193 Å². The summed E-state index contributed by atoms with van der Waals surface area (Å²) >= 11 is 0. The number of aliphatic hydroxyl groups is 2. The summed E-state index contributed by atoms with van der Waals surface area (Å²) in [5, 5.41) is 23.6. The third kappa shape index (κ3) is 39.5. The molecule has 0 saturated carbocycles. The lowest BCUT2D eigenvalue weighted by Gasteiger charge is -2.24. The number of carbonyl (C=O) groups excluding carboxylic acids is 1. The van der Waals surface area contributed by atoms with Crippen LogP contribution in [0.4, 0.5) is 0 Å². The van der Waals surface area contributed by atoms with Gasteiger partial charge in [-0.05, 0) is 12.8 Å². The van der Waals surface area contributed by atoms with Gasteiger partial charge >= 0.3 is 0 Å². The van der Waals surface area contributed by atoms with Crippen LogP contribution < -0.4 is 5.32 Å². The van der Waals surface area contributed by atoms with Gasteiger partial charge in [-0.25, -0.2) is 0 Å². The second-order valence-corrected chi connectivity index (χ2v) is 18.4. The van der Waals surface area contributed by atoms with Gasteiger partial charge in [0.25, 0.3) is 10.1 Å². The molecule has 4 N–H and O–H groups in total. The zero-order valence-electron chi connectivity index (χ0n) is 36.0. The molecule has 0 aliphatic rings. The normalized spacial score (nSPS) is 13.6. The molecule has 0 heterocycles. The molecule has 0 spiro atoms. The first-order chi connectivity index (χ1) is 26.2. The topological polar surface area (TPSA) is 124 Å². The molecule has 3 atom stereocenters. The third-order valence-corrected chi connectivity index (χ3v) is 12.2. The van der Waals surface area contributed by atoms with Crippen LogP contribution in [0.5, 0.6) is 0 Å². The zero-order valence-corrected chi connectivity index (χ0v) is 36.8. The average Bonchev–Trinajstić information content (AvgIpc) is 3.14. The number of hydrogen-bond acceptors (Lipinski definition) is 5. The highest BCUT2D eigenvalue weighted by Crippen LogP contribution is 2.18. The van der Waals surface area contributed by atoms with Crippen LogP contribution in [0.1, 0.15) is 264 Å². The molecule has 0 aromatic rings. The summed E-state index contributed by atoms with van der Waals surface area (Å²) in [6.07, 6.45) is 45.5. The number of carbonyl (C=O) groups is 1. The second kappa shape index (κ2) is 40.5. The smallest absolute Gasteiger partial charge is 0.266 e. The van der Waals surface area contributed by atoms with Crippen molar-refractivity contribution in [2.24, 2.45) is 0 Å². The summed E-state index contributed by atoms with van der Waals surface area (Å²) < 4.78 is 32.7. The molecule has 7 nitrogen and oxygen atoms in total. The van der Waals surface area contributed by atoms with E-state index in [-0.39, 0.29) is 0 Å². The maximum absolute atomic E-state index is 12.7. The minimum Gasteiger partial charge on any atom is -0.391 e. The quantitative estimate of drug-likeness (QED) is 0.0360. The van der Waals surface area contributed by atoms with Crippen LogP contribution in [0, 0.1) is 0 Å². The Labute approximate surface area is 336 Å². The Hall–Kier alpha value is -0.700. The van der Waals surface area contributed by atoms with Gasteiger partial charge in [0.15, 0.2) is 0 Å². The van der Waals surface area contributed by atoms with Crippen LogP contribution in [-0.4, -0.2) is 53.1 Å². The third-order valence-electron chi connectivity index (χ3n) is 11.4. The van der Waals surface area contributed by atoms with Gasteiger partial charge in [-0.3, -0.25) is 9.35 Å². The number of nitrogens with one attached hydrogen (secondary N) is 1. The summed E-state index contributed by atoms with van der Waals surface area (Å²) in [6.45, 7) is 4.54. The van der Waals surface area contributed by atoms with Gasteiger partial charge in [0, 0.05) is 0 Å². The van der Waals surface area contributed by atoms with E-state index in [0.29, 0.717) is 12.8 Å². The Balaban J connectivity index is 3.85. The van der Waals surface area contributed by atoms with Gasteiger partial charge in [-0.2, -0.15) is 8.42 Å². The number of hydrogen-bond donors (Lipinski definition) is 4. The highest BCUT2D eigenvalue weighted by molar-refractivity contribution is 7.85. The molecule has 0 rings (SSSR count). The summed E-state index contributed by atoms with van der Waals surface area (Å²) in [5.41, 5.74) is 0. The van der Waals surface area contributed by atoms with E-state index in [9.17, 15) is 28.0 Å². The zero-order chi connectivity index (χ0) is 39.8. The van der Waals surface area contributed by atoms with Crippen LogP contribution in [0.2, 0.25) is 0 Å². The van der Waals surface area contributed by atoms with Gasteiger partial charge in [0.05, 0.1) is 17.9 Å². The molecule has 0 fully saturated rings. The Morgan fingerprint density at radius 1 is 0.426 bits per heavy atom. The number of unbranched alkanes of at least 4 members (excludes halogenated alkanes) is 35. The average molecular weight is 788 g/mol. The van der Waals surface area contributed by atoms with E-state index >= 15 is 0 Å². The Kier molecular flexibility index (Phi) is 40.0. The van der Waals surface area contributed by atoms with E-state index < -0.39 is 40.0 Å². The predicted octanol–water partition coefficient (Wildman–Crippen LogP) is 13.3. The van der Waals surface area contributed by atoms with E-state index in [0.717, 1.165) is 44.9 Å². The summed E-state index contributed by atoms with van der Waals surface area (Å²) in [5.74, 6) is -1.44. The summed E-state index contributed by atoms with van der Waals surface area (Å²) in [7, 11) is -4.41. The fourth-order valence-electron chi connectivity index (χ4n) is 7.76. The molecule has 8 heteroatoms. The molecule has 0 saturated heterocycles. The van der Waals surface area contributed by atoms with Gasteiger partial charge in [-0.1, -0.05) is 251 Å². The fraction of sp³-hybridized carbons (Fsp3) is 0.978. The van der Waals surface area contributed by atoms with Gasteiger partial charge in [0.2, 0.25) is 5.91 Å². The first-order valence-electron chi connectivity index (χ1n) is 23.8. The van der Waals surface area contributed by atoms with E-state index in [1.807, 2.05) is 0 Å². The second-order valence-electron chi connectivity index (χ2n) is 16.9. The van der Waals surface area contributed by atoms with E-state index in [1.54, 1.807) is 0 Å². The van der Waals surface area contributed by atoms with Crippen LogP contribution >= 0.6 is 0 Å². The van der Waals surface area contributed by atoms with Crippen LogP contribution in [0.15, 0.2) is 0 Å². The van der Waals surface area contributed by atoms with Crippen molar-refractivity contribution in [1.82, 2.24) is 5.32 Å². The standard InChI is InChI=1S/C46H93NO6S/c1-3-5-7-9-11-13-15-17-19-21-22-23-25-27-29-31-33-35-37-39-41-45(49)46(50)47-43(42-54(51,52)53)44(48)40-38-36-34-32-30-28-26-24-20-18-16-14-12-10-8-6-4-2/h43-45,48-49H,3-42H2,1-2H3,(H,47,50)(H,51,52,53). The molecule has 0 aromatic carbocycles. The van der Waals surface area contributed by atoms with Crippen LogP contribution in [-0.2, 0) is 14.9 Å². The number of amides is 1. The van der Waals surface area contributed by atoms with Crippen molar-refractivity contribution in [1.29, 1.82) is 0 Å². The first kappa shape index (κ1) is 53.3. The molecular formula is C46H93NO6S. The molecule has 0 aromatic heterocycles. The summed E-state index contributed by atoms with van der Waals surface area (Å²) in [4.78, 5) is 12.7. The molecule has 0 aliphatic heterocycles. The Morgan fingerprint density at radius 3 is 0.926 bits per heavy atom. The molecule has 324 valence electrons. The maximum Gasteiger partial charge on any atom is 0.266 e. The Morgan fingerprint density at radius 2 is 0.667 bits per heavy atom. The minimum absolute atomic E-state index is 0.304. The molecule has 0 bridgehead atoms. The lowest BCUT2D eigenvalue weighted by molar-refractivity contribution is -0.131. The minimum atomic E-state index is -4.41. The largest absolute Gasteiger partial charge is 0.391 e. The van der Waals surface area contributed by atoms with Crippen molar-refractivity contribution in [2.75, 3.05) is 5.75 Å². The van der Waals surface area contributed by atoms with Crippen molar-refractivity contribution >= 4 is 16.0 Å². The summed E-state index contributed by atoms with van der Waals surface area (Å²) in [6, 6.07) is -1.14. The molecule has 54 heavy (non-hydrogen) atoms. The monoisotopic (exact) mass is 788 g/mol. The molecular weight excluding hydrogens is 695 g/mol. The van der Waals surface area contributed by atoms with Crippen molar-refractivity contribution in [3.8, 4) is 0 Å². The maximum atomic E-state index is 12.7.